The van der Waals surface area contributed by atoms with Crippen LogP contribution in [0, 0.1) is 0 Å². The number of nitrogens with one attached hydrogen (secondary N) is 1. The first-order chi connectivity index (χ1) is 10.9. The Balaban J connectivity index is 1.95. The highest BCUT2D eigenvalue weighted by molar-refractivity contribution is 5.74. The first kappa shape index (κ1) is 17.6. The van der Waals surface area contributed by atoms with Crippen molar-refractivity contribution in [3.05, 3.63) is 35.9 Å². The van der Waals surface area contributed by atoms with Gasteiger partial charge in [0, 0.05) is 26.6 Å². The van der Waals surface area contributed by atoms with Gasteiger partial charge in [-0.3, -0.25) is 0 Å². The van der Waals surface area contributed by atoms with Crippen molar-refractivity contribution < 1.29 is 22.7 Å². The predicted molar refractivity (Wildman–Crippen MR) is 80.1 cm³/mol. The van der Waals surface area contributed by atoms with Gasteiger partial charge in [0.05, 0.1) is 6.10 Å². The summed E-state index contributed by atoms with van der Waals surface area (Å²) in [5.41, 5.74) is 0.525. The highest BCUT2D eigenvalue weighted by atomic mass is 19.4. The number of hydrogen-bond acceptors (Lipinski definition) is 2. The molecular weight excluding hydrogens is 309 g/mol. The van der Waals surface area contributed by atoms with E-state index in [0.717, 1.165) is 12.8 Å². The Morgan fingerprint density at radius 3 is 2.65 bits per heavy atom. The molecule has 0 unspecified atom stereocenters. The van der Waals surface area contributed by atoms with Crippen LogP contribution in [0.4, 0.5) is 18.0 Å². The summed E-state index contributed by atoms with van der Waals surface area (Å²) in [7, 11) is 1.48. The average Bonchev–Trinajstić information content (AvgIpc) is 2.99. The quantitative estimate of drug-likeness (QED) is 0.902. The van der Waals surface area contributed by atoms with E-state index in [0.29, 0.717) is 18.7 Å². The molecule has 0 aliphatic carbocycles. The van der Waals surface area contributed by atoms with Crippen molar-refractivity contribution in [3.63, 3.8) is 0 Å². The molecule has 1 N–H and O–H groups in total. The van der Waals surface area contributed by atoms with Crippen molar-refractivity contribution in [2.45, 2.75) is 37.6 Å². The minimum absolute atomic E-state index is 0.0933. The molecule has 1 aliphatic rings. The van der Waals surface area contributed by atoms with E-state index >= 15 is 0 Å². The van der Waals surface area contributed by atoms with Gasteiger partial charge in [-0.1, -0.05) is 30.3 Å². The molecule has 1 saturated heterocycles. The fourth-order valence-corrected chi connectivity index (χ4v) is 2.53. The lowest BCUT2D eigenvalue weighted by Gasteiger charge is -2.26. The molecule has 2 rings (SSSR count). The molecule has 1 fully saturated rings. The van der Waals surface area contributed by atoms with Gasteiger partial charge in [0.15, 0.2) is 0 Å². The van der Waals surface area contributed by atoms with Gasteiger partial charge in [-0.25, -0.2) is 4.79 Å². The van der Waals surface area contributed by atoms with Crippen LogP contribution in [0.3, 0.4) is 0 Å². The Morgan fingerprint density at radius 2 is 2.09 bits per heavy atom. The third kappa shape index (κ3) is 5.42. The summed E-state index contributed by atoms with van der Waals surface area (Å²) in [4.78, 5) is 13.3. The zero-order chi connectivity index (χ0) is 16.9. The normalized spacial score (nSPS) is 19.4. The minimum atomic E-state index is -4.50. The lowest BCUT2D eigenvalue weighted by atomic mass is 10.1. The van der Waals surface area contributed by atoms with Crippen molar-refractivity contribution in [3.8, 4) is 0 Å². The number of carbonyl (C=O) groups is 1. The molecule has 0 aromatic heterocycles. The van der Waals surface area contributed by atoms with E-state index in [1.807, 2.05) is 0 Å². The summed E-state index contributed by atoms with van der Waals surface area (Å²) < 4.78 is 44.9. The van der Waals surface area contributed by atoms with Crippen LogP contribution in [-0.4, -0.2) is 49.5 Å². The standard InChI is InChI=1S/C16H21F3N2O2/c1-21(11-13-8-5-9-23-13)15(22)20-14(16(17,18)19)10-12-6-3-2-4-7-12/h2-4,6-7,13-14H,5,8-11H2,1H3,(H,20,22)/t13-,14-/m0/s1. The van der Waals surface area contributed by atoms with Crippen LogP contribution in [0.1, 0.15) is 18.4 Å². The largest absolute Gasteiger partial charge is 0.408 e. The summed E-state index contributed by atoms with van der Waals surface area (Å²) in [6.45, 7) is 0.932. The lowest BCUT2D eigenvalue weighted by Crippen LogP contribution is -2.51. The van der Waals surface area contributed by atoms with Gasteiger partial charge in [-0.15, -0.1) is 0 Å². The highest BCUT2D eigenvalue weighted by Crippen LogP contribution is 2.23. The summed E-state index contributed by atoms with van der Waals surface area (Å²) >= 11 is 0. The van der Waals surface area contributed by atoms with E-state index in [2.05, 4.69) is 5.32 Å². The smallest absolute Gasteiger partial charge is 0.376 e. The second-order valence-corrected chi connectivity index (χ2v) is 5.75. The van der Waals surface area contributed by atoms with Gasteiger partial charge < -0.3 is 15.0 Å². The second-order valence-electron chi connectivity index (χ2n) is 5.75. The average molecular weight is 330 g/mol. The van der Waals surface area contributed by atoms with Crippen LogP contribution in [0.25, 0.3) is 0 Å². The SMILES string of the molecule is CN(C[C@@H]1CCCO1)C(=O)N[C@@H](Cc1ccccc1)C(F)(F)F. The van der Waals surface area contributed by atoms with Crippen LogP contribution >= 0.6 is 0 Å². The molecule has 0 radical (unpaired) electrons. The van der Waals surface area contributed by atoms with Crippen LogP contribution < -0.4 is 5.32 Å². The molecule has 23 heavy (non-hydrogen) atoms. The third-order valence-electron chi connectivity index (χ3n) is 3.82. The number of hydrogen-bond donors (Lipinski definition) is 1. The maximum Gasteiger partial charge on any atom is 0.408 e. The van der Waals surface area contributed by atoms with Crippen LogP contribution in [0.15, 0.2) is 30.3 Å². The third-order valence-corrected chi connectivity index (χ3v) is 3.82. The molecule has 128 valence electrons. The molecule has 0 saturated carbocycles. The predicted octanol–water partition coefficient (Wildman–Crippen LogP) is 2.98. The van der Waals surface area contributed by atoms with Gasteiger partial charge >= 0.3 is 12.2 Å². The van der Waals surface area contributed by atoms with E-state index < -0.39 is 18.2 Å². The van der Waals surface area contributed by atoms with E-state index in [-0.39, 0.29) is 12.5 Å². The Kier molecular flexibility index (Phi) is 5.87. The minimum Gasteiger partial charge on any atom is -0.376 e. The topological polar surface area (TPSA) is 41.6 Å². The lowest BCUT2D eigenvalue weighted by molar-refractivity contribution is -0.153. The molecule has 0 spiro atoms. The number of amides is 2. The fraction of sp³-hybridized carbons (Fsp3) is 0.562. The molecule has 1 aromatic carbocycles. The zero-order valence-electron chi connectivity index (χ0n) is 13.0. The number of carbonyl (C=O) groups excluding carboxylic acids is 1. The van der Waals surface area contributed by atoms with Gasteiger partial charge in [0.25, 0.3) is 0 Å². The van der Waals surface area contributed by atoms with Gasteiger partial charge in [-0.2, -0.15) is 13.2 Å². The van der Waals surface area contributed by atoms with Gasteiger partial charge in [0.2, 0.25) is 0 Å². The molecule has 1 aliphatic heterocycles. The molecule has 4 nitrogen and oxygen atoms in total. The van der Waals surface area contributed by atoms with Crippen LogP contribution in [0.5, 0.6) is 0 Å². The molecule has 1 heterocycles. The summed E-state index contributed by atoms with van der Waals surface area (Å²) in [5, 5.41) is 2.09. The number of urea groups is 1. The van der Waals surface area contributed by atoms with E-state index in [1.165, 1.54) is 11.9 Å². The Morgan fingerprint density at radius 1 is 1.39 bits per heavy atom. The zero-order valence-corrected chi connectivity index (χ0v) is 13.0. The molecule has 2 amide bonds. The monoisotopic (exact) mass is 330 g/mol. The van der Waals surface area contributed by atoms with Crippen molar-refractivity contribution >= 4 is 6.03 Å². The number of rotatable bonds is 5. The van der Waals surface area contributed by atoms with Crippen LogP contribution in [-0.2, 0) is 11.2 Å². The van der Waals surface area contributed by atoms with Crippen LogP contribution in [0.2, 0.25) is 0 Å². The number of alkyl halides is 3. The molecular formula is C16H21F3N2O2. The maximum absolute atomic E-state index is 13.2. The van der Waals surface area contributed by atoms with E-state index in [4.69, 9.17) is 4.74 Å². The van der Waals surface area contributed by atoms with Crippen molar-refractivity contribution in [2.75, 3.05) is 20.2 Å². The Bertz CT molecular complexity index is 502. The van der Waals surface area contributed by atoms with E-state index in [9.17, 15) is 18.0 Å². The fourth-order valence-electron chi connectivity index (χ4n) is 2.53. The number of halogens is 3. The number of likely N-dealkylation sites (N-methyl/N-ethyl adjacent to an activating group) is 1. The highest BCUT2D eigenvalue weighted by Gasteiger charge is 2.41. The second kappa shape index (κ2) is 7.68. The molecule has 2 atom stereocenters. The Hall–Kier alpha value is -1.76. The number of ether oxygens (including phenoxy) is 1. The number of nitrogens with zero attached hydrogens (tertiary/aromatic N) is 1. The first-order valence-electron chi connectivity index (χ1n) is 7.60. The van der Waals surface area contributed by atoms with Crippen molar-refractivity contribution in [1.29, 1.82) is 0 Å². The molecule has 0 bridgehead atoms. The Labute approximate surface area is 133 Å². The van der Waals surface area contributed by atoms with Gasteiger partial charge in [-0.05, 0) is 18.4 Å². The summed E-state index contributed by atoms with van der Waals surface area (Å²) in [6.07, 6.45) is -3.15. The van der Waals surface area contributed by atoms with Crippen molar-refractivity contribution in [1.82, 2.24) is 10.2 Å². The summed E-state index contributed by atoms with van der Waals surface area (Å²) in [6, 6.07) is 5.66. The van der Waals surface area contributed by atoms with Gasteiger partial charge in [0.1, 0.15) is 6.04 Å². The maximum atomic E-state index is 13.2. The molecule has 7 heteroatoms. The van der Waals surface area contributed by atoms with Crippen molar-refractivity contribution in [2.24, 2.45) is 0 Å². The number of benzene rings is 1. The first-order valence-corrected chi connectivity index (χ1v) is 7.60. The van der Waals surface area contributed by atoms with E-state index in [1.54, 1.807) is 30.3 Å². The summed E-state index contributed by atoms with van der Waals surface area (Å²) in [5.74, 6) is 0. The molecule has 1 aromatic rings.